The van der Waals surface area contributed by atoms with Gasteiger partial charge >= 0.3 is 0 Å². The van der Waals surface area contributed by atoms with Crippen molar-refractivity contribution in [2.75, 3.05) is 19.0 Å². The van der Waals surface area contributed by atoms with Gasteiger partial charge in [-0.2, -0.15) is 0 Å². The molecule has 0 aliphatic heterocycles. The minimum Gasteiger partial charge on any atom is -0.497 e. The van der Waals surface area contributed by atoms with E-state index in [1.165, 1.54) is 7.11 Å². The van der Waals surface area contributed by atoms with Crippen molar-refractivity contribution >= 4 is 63.1 Å². The molecule has 9 heteroatoms. The molecule has 4 rings (SSSR count). The topological polar surface area (TPSA) is 69.6 Å². The Hall–Kier alpha value is -3.19. The average molecular weight is 532 g/mol. The number of carbonyl (C=O) groups is 2. The second-order valence-electron chi connectivity index (χ2n) is 7.61. The van der Waals surface area contributed by atoms with Gasteiger partial charge in [-0.3, -0.25) is 9.59 Å². The number of ketones is 1. The molecule has 0 saturated heterocycles. The Labute approximate surface area is 217 Å². The third-order valence-corrected chi connectivity index (χ3v) is 6.37. The summed E-state index contributed by atoms with van der Waals surface area (Å²) in [5.41, 5.74) is 1.91. The fraction of sp³-hybridized carbons (Fsp3) is 0.154. The van der Waals surface area contributed by atoms with Crippen molar-refractivity contribution in [3.8, 4) is 11.5 Å². The van der Waals surface area contributed by atoms with Crippen molar-refractivity contribution in [2.45, 2.75) is 13.5 Å². The summed E-state index contributed by atoms with van der Waals surface area (Å²) in [5.74, 6) is -0.505. The van der Waals surface area contributed by atoms with Crippen molar-refractivity contribution in [3.05, 3.63) is 87.0 Å². The highest BCUT2D eigenvalue weighted by atomic mass is 35.5. The first-order valence-corrected chi connectivity index (χ1v) is 11.8. The van der Waals surface area contributed by atoms with Crippen LogP contribution in [0.4, 0.5) is 5.69 Å². The smallest absolute Gasteiger partial charge is 0.296 e. The minimum absolute atomic E-state index is 0.0775. The molecule has 4 aromatic rings. The quantitative estimate of drug-likeness (QED) is 0.199. The second kappa shape index (κ2) is 10.6. The minimum atomic E-state index is -0.828. The Morgan fingerprint density at radius 2 is 1.77 bits per heavy atom. The van der Waals surface area contributed by atoms with Crippen LogP contribution in [0, 0.1) is 0 Å². The van der Waals surface area contributed by atoms with Gasteiger partial charge in [0.15, 0.2) is 0 Å². The van der Waals surface area contributed by atoms with Gasteiger partial charge < -0.3 is 19.4 Å². The normalized spacial score (nSPS) is 10.9. The summed E-state index contributed by atoms with van der Waals surface area (Å²) in [5, 5.41) is 4.20. The molecule has 0 saturated carbocycles. The number of hydrogen-bond acceptors (Lipinski definition) is 4. The Balaban J connectivity index is 1.77. The number of carbonyl (C=O) groups excluding carboxylic acids is 2. The number of ether oxygens (including phenoxy) is 2. The summed E-state index contributed by atoms with van der Waals surface area (Å²) in [6.07, 6.45) is 0. The number of nitrogens with zero attached hydrogens (tertiary/aromatic N) is 1. The number of aromatic nitrogens is 1. The number of methoxy groups -OCH3 is 1. The summed E-state index contributed by atoms with van der Waals surface area (Å²) in [6.45, 7) is 2.57. The standard InChI is InChI=1S/C26H21Cl3N2O4/c1-3-35-19-9-10-22-20(13-19)23(24(32)26(33)30-17-5-4-6-18(12-17)34-2)25(29)31(22)14-15-7-8-16(27)11-21(15)28/h4-13H,3,14H2,1-2H3,(H,30,33). The van der Waals surface area contributed by atoms with Gasteiger partial charge in [0, 0.05) is 27.2 Å². The van der Waals surface area contributed by atoms with E-state index < -0.39 is 11.7 Å². The molecule has 0 bridgehead atoms. The molecule has 180 valence electrons. The van der Waals surface area contributed by atoms with Gasteiger partial charge in [0.25, 0.3) is 11.7 Å². The van der Waals surface area contributed by atoms with E-state index in [1.54, 1.807) is 65.2 Å². The SMILES string of the molecule is CCOc1ccc2c(c1)c(C(=O)C(=O)Nc1cccc(OC)c1)c(Cl)n2Cc1ccc(Cl)cc1Cl. The molecule has 35 heavy (non-hydrogen) atoms. The van der Waals surface area contributed by atoms with Crippen LogP contribution in [0.5, 0.6) is 11.5 Å². The third kappa shape index (κ3) is 5.25. The van der Waals surface area contributed by atoms with Crippen LogP contribution in [0.2, 0.25) is 15.2 Å². The summed E-state index contributed by atoms with van der Waals surface area (Å²) in [7, 11) is 1.52. The van der Waals surface area contributed by atoms with E-state index >= 15 is 0 Å². The summed E-state index contributed by atoms with van der Waals surface area (Å²) in [4.78, 5) is 26.3. The van der Waals surface area contributed by atoms with Crippen LogP contribution in [0.15, 0.2) is 60.7 Å². The predicted molar refractivity (Wildman–Crippen MR) is 140 cm³/mol. The first-order chi connectivity index (χ1) is 16.8. The number of hydrogen-bond donors (Lipinski definition) is 1. The van der Waals surface area contributed by atoms with Crippen LogP contribution in [-0.4, -0.2) is 30.0 Å². The maximum absolute atomic E-state index is 13.4. The molecule has 1 amide bonds. The average Bonchev–Trinajstić information content (AvgIpc) is 3.11. The maximum Gasteiger partial charge on any atom is 0.296 e. The largest absolute Gasteiger partial charge is 0.497 e. The maximum atomic E-state index is 13.4. The predicted octanol–water partition coefficient (Wildman–Crippen LogP) is 6.88. The summed E-state index contributed by atoms with van der Waals surface area (Å²) in [6, 6.07) is 17.2. The van der Waals surface area contributed by atoms with Gasteiger partial charge in [-0.15, -0.1) is 0 Å². The zero-order valence-corrected chi connectivity index (χ0v) is 21.2. The van der Waals surface area contributed by atoms with E-state index in [0.717, 1.165) is 5.56 Å². The van der Waals surface area contributed by atoms with Crippen LogP contribution in [0.25, 0.3) is 10.9 Å². The van der Waals surface area contributed by atoms with Crippen molar-refractivity contribution in [3.63, 3.8) is 0 Å². The fourth-order valence-corrected chi connectivity index (χ4v) is 4.56. The third-order valence-electron chi connectivity index (χ3n) is 5.39. The summed E-state index contributed by atoms with van der Waals surface area (Å²) < 4.78 is 12.5. The lowest BCUT2D eigenvalue weighted by atomic mass is 10.1. The van der Waals surface area contributed by atoms with E-state index in [-0.39, 0.29) is 17.3 Å². The number of benzene rings is 3. The van der Waals surface area contributed by atoms with Gasteiger partial charge in [-0.1, -0.05) is 46.9 Å². The lowest BCUT2D eigenvalue weighted by Crippen LogP contribution is -2.23. The lowest BCUT2D eigenvalue weighted by molar-refractivity contribution is -0.112. The number of amides is 1. The van der Waals surface area contributed by atoms with Crippen LogP contribution in [0.3, 0.4) is 0 Å². The van der Waals surface area contributed by atoms with Gasteiger partial charge in [0.2, 0.25) is 0 Å². The van der Waals surface area contributed by atoms with Crippen LogP contribution < -0.4 is 14.8 Å². The summed E-state index contributed by atoms with van der Waals surface area (Å²) >= 11 is 19.2. The highest BCUT2D eigenvalue weighted by Crippen LogP contribution is 2.35. The molecule has 0 fully saturated rings. The fourth-order valence-electron chi connectivity index (χ4n) is 3.75. The van der Waals surface area contributed by atoms with E-state index in [4.69, 9.17) is 44.3 Å². The molecule has 3 aromatic carbocycles. The molecule has 1 aromatic heterocycles. The first-order valence-electron chi connectivity index (χ1n) is 10.7. The van der Waals surface area contributed by atoms with Crippen molar-refractivity contribution in [1.29, 1.82) is 0 Å². The highest BCUT2D eigenvalue weighted by Gasteiger charge is 2.27. The van der Waals surface area contributed by atoms with Crippen LogP contribution in [-0.2, 0) is 11.3 Å². The Bertz CT molecular complexity index is 1430. The lowest BCUT2D eigenvalue weighted by Gasteiger charge is -2.10. The zero-order chi connectivity index (χ0) is 25.1. The molecule has 0 spiro atoms. The van der Waals surface area contributed by atoms with E-state index in [0.29, 0.717) is 44.7 Å². The number of anilines is 1. The Kier molecular flexibility index (Phi) is 7.55. The van der Waals surface area contributed by atoms with E-state index in [2.05, 4.69) is 5.32 Å². The monoisotopic (exact) mass is 530 g/mol. The molecule has 0 aliphatic rings. The Morgan fingerprint density at radius 1 is 0.971 bits per heavy atom. The molecule has 0 aliphatic carbocycles. The molecule has 1 heterocycles. The van der Waals surface area contributed by atoms with E-state index in [1.807, 2.05) is 6.92 Å². The molecule has 0 atom stereocenters. The van der Waals surface area contributed by atoms with Crippen LogP contribution in [0.1, 0.15) is 22.8 Å². The molecule has 1 N–H and O–H groups in total. The molecule has 0 unspecified atom stereocenters. The van der Waals surface area contributed by atoms with Gasteiger partial charge in [-0.25, -0.2) is 0 Å². The van der Waals surface area contributed by atoms with Gasteiger partial charge in [-0.05, 0) is 55.0 Å². The second-order valence-corrected chi connectivity index (χ2v) is 8.82. The molecular formula is C26H21Cl3N2O4. The number of fused-ring (bicyclic) bond motifs is 1. The van der Waals surface area contributed by atoms with Gasteiger partial charge in [0.1, 0.15) is 16.7 Å². The van der Waals surface area contributed by atoms with Crippen molar-refractivity contribution in [1.82, 2.24) is 4.57 Å². The molecular weight excluding hydrogens is 511 g/mol. The molecule has 6 nitrogen and oxygen atoms in total. The first kappa shape index (κ1) is 24.9. The van der Waals surface area contributed by atoms with Crippen molar-refractivity contribution < 1.29 is 19.1 Å². The number of nitrogens with one attached hydrogen (secondary N) is 1. The Morgan fingerprint density at radius 3 is 2.49 bits per heavy atom. The number of halogens is 3. The van der Waals surface area contributed by atoms with Crippen molar-refractivity contribution in [2.24, 2.45) is 0 Å². The number of rotatable bonds is 8. The zero-order valence-electron chi connectivity index (χ0n) is 18.9. The van der Waals surface area contributed by atoms with Crippen LogP contribution >= 0.6 is 34.8 Å². The highest BCUT2D eigenvalue weighted by molar-refractivity contribution is 6.52. The molecule has 0 radical (unpaired) electrons. The van der Waals surface area contributed by atoms with Gasteiger partial charge in [0.05, 0.1) is 31.3 Å². The van der Waals surface area contributed by atoms with E-state index in [9.17, 15) is 9.59 Å². The number of Topliss-reactive ketones (excluding diaryl/α,β-unsaturated/α-hetero) is 1.